The van der Waals surface area contributed by atoms with Crippen LogP contribution in [-0.2, 0) is 6.54 Å². The van der Waals surface area contributed by atoms with Crippen molar-refractivity contribution in [1.29, 1.82) is 0 Å². The first-order valence-electron chi connectivity index (χ1n) is 10.7. The number of aromatic nitrogens is 3. The molecule has 4 rings (SSSR count). The van der Waals surface area contributed by atoms with Crippen molar-refractivity contribution in [2.45, 2.75) is 46.1 Å². The highest BCUT2D eigenvalue weighted by atomic mass is 15.1. The van der Waals surface area contributed by atoms with Crippen LogP contribution in [-0.4, -0.2) is 39.1 Å². The second kappa shape index (κ2) is 8.70. The van der Waals surface area contributed by atoms with Crippen LogP contribution >= 0.6 is 0 Å². The van der Waals surface area contributed by atoms with Crippen molar-refractivity contribution in [3.63, 3.8) is 0 Å². The monoisotopic (exact) mass is 374 g/mol. The maximum absolute atomic E-state index is 4.97. The zero-order chi connectivity index (χ0) is 19.3. The Kier molecular flexibility index (Phi) is 5.87. The van der Waals surface area contributed by atoms with Crippen LogP contribution < -0.4 is 0 Å². The molecule has 0 aliphatic heterocycles. The highest BCUT2D eigenvalue weighted by Crippen LogP contribution is 2.28. The van der Waals surface area contributed by atoms with E-state index in [1.165, 1.54) is 43.1 Å². The predicted molar refractivity (Wildman–Crippen MR) is 119 cm³/mol. The molecule has 0 N–H and O–H groups in total. The second-order valence-electron chi connectivity index (χ2n) is 7.49. The largest absolute Gasteiger partial charge is 0.324 e. The van der Waals surface area contributed by atoms with Gasteiger partial charge in [-0.25, -0.2) is 9.97 Å². The predicted octanol–water partition coefficient (Wildman–Crippen LogP) is 5.64. The molecule has 4 aromatic rings. The summed E-state index contributed by atoms with van der Waals surface area (Å²) in [5.74, 6) is 0. The Morgan fingerprint density at radius 2 is 1.46 bits per heavy atom. The number of nitrogens with zero attached hydrogens (tertiary/aromatic N) is 4. The maximum Gasteiger partial charge on any atom is 0.160 e. The molecular formula is C24H30N4. The van der Waals surface area contributed by atoms with Gasteiger partial charge in [0, 0.05) is 11.9 Å². The van der Waals surface area contributed by atoms with Gasteiger partial charge >= 0.3 is 0 Å². The lowest BCUT2D eigenvalue weighted by Crippen LogP contribution is -2.23. The highest BCUT2D eigenvalue weighted by molar-refractivity contribution is 6.06. The van der Waals surface area contributed by atoms with E-state index >= 15 is 0 Å². The van der Waals surface area contributed by atoms with E-state index < -0.39 is 0 Å². The summed E-state index contributed by atoms with van der Waals surface area (Å²) in [7, 11) is 0. The number of benzene rings is 2. The SMILES string of the molecule is CCN(CC)CCCCCCn1c2ccccc2c2nc3ccccc3nc21. The molecule has 2 heterocycles. The minimum Gasteiger partial charge on any atom is -0.324 e. The molecular weight excluding hydrogens is 344 g/mol. The molecule has 4 heteroatoms. The van der Waals surface area contributed by atoms with Gasteiger partial charge in [-0.1, -0.05) is 57.0 Å². The lowest BCUT2D eigenvalue weighted by molar-refractivity contribution is 0.295. The fraction of sp³-hybridized carbons (Fsp3) is 0.417. The van der Waals surface area contributed by atoms with Crippen LogP contribution in [0.25, 0.3) is 33.1 Å². The molecule has 0 saturated carbocycles. The van der Waals surface area contributed by atoms with Gasteiger partial charge in [0.2, 0.25) is 0 Å². The number of rotatable bonds is 9. The molecule has 0 unspecified atom stereocenters. The Bertz CT molecular complexity index is 1060. The Labute approximate surface area is 167 Å². The normalized spacial score (nSPS) is 12.0. The van der Waals surface area contributed by atoms with Gasteiger partial charge in [-0.15, -0.1) is 0 Å². The summed E-state index contributed by atoms with van der Waals surface area (Å²) in [6.45, 7) is 9.03. The van der Waals surface area contributed by atoms with E-state index in [0.29, 0.717) is 0 Å². The minimum absolute atomic E-state index is 0.967. The molecule has 0 aliphatic rings. The van der Waals surface area contributed by atoms with Crippen molar-refractivity contribution in [3.05, 3.63) is 48.5 Å². The lowest BCUT2D eigenvalue weighted by Gasteiger charge is -2.17. The molecule has 0 bridgehead atoms. The Hall–Kier alpha value is -2.46. The first-order chi connectivity index (χ1) is 13.8. The number of fused-ring (bicyclic) bond motifs is 4. The van der Waals surface area contributed by atoms with Crippen LogP contribution in [0.15, 0.2) is 48.5 Å². The van der Waals surface area contributed by atoms with E-state index in [1.54, 1.807) is 0 Å². The minimum atomic E-state index is 0.967. The van der Waals surface area contributed by atoms with Gasteiger partial charge in [-0.2, -0.15) is 0 Å². The van der Waals surface area contributed by atoms with Gasteiger partial charge in [0.05, 0.1) is 16.6 Å². The zero-order valence-electron chi connectivity index (χ0n) is 17.1. The Balaban J connectivity index is 1.53. The fourth-order valence-corrected chi connectivity index (χ4v) is 4.11. The van der Waals surface area contributed by atoms with Crippen molar-refractivity contribution >= 4 is 33.1 Å². The van der Waals surface area contributed by atoms with E-state index in [4.69, 9.17) is 9.97 Å². The third kappa shape index (κ3) is 3.74. The first kappa shape index (κ1) is 18.9. The van der Waals surface area contributed by atoms with Gasteiger partial charge < -0.3 is 9.47 Å². The van der Waals surface area contributed by atoms with Gasteiger partial charge in [-0.05, 0) is 50.7 Å². The van der Waals surface area contributed by atoms with Crippen molar-refractivity contribution in [2.75, 3.05) is 19.6 Å². The maximum atomic E-state index is 4.97. The molecule has 0 saturated heterocycles. The summed E-state index contributed by atoms with van der Waals surface area (Å²) in [6.07, 6.45) is 5.03. The summed E-state index contributed by atoms with van der Waals surface area (Å²) >= 11 is 0. The first-order valence-corrected chi connectivity index (χ1v) is 10.7. The Morgan fingerprint density at radius 3 is 2.25 bits per heavy atom. The fourth-order valence-electron chi connectivity index (χ4n) is 4.11. The molecule has 0 aliphatic carbocycles. The van der Waals surface area contributed by atoms with Crippen LogP contribution in [0, 0.1) is 0 Å². The van der Waals surface area contributed by atoms with E-state index in [-0.39, 0.29) is 0 Å². The molecule has 0 spiro atoms. The number of hydrogen-bond donors (Lipinski definition) is 0. The summed E-state index contributed by atoms with van der Waals surface area (Å²) in [5.41, 5.74) is 5.22. The average molecular weight is 375 g/mol. The molecule has 2 aromatic heterocycles. The number of aryl methyl sites for hydroxylation is 1. The van der Waals surface area contributed by atoms with Crippen molar-refractivity contribution < 1.29 is 0 Å². The molecule has 146 valence electrons. The van der Waals surface area contributed by atoms with E-state index in [0.717, 1.165) is 41.8 Å². The van der Waals surface area contributed by atoms with Crippen LogP contribution in [0.4, 0.5) is 0 Å². The molecule has 0 radical (unpaired) electrons. The summed E-state index contributed by atoms with van der Waals surface area (Å²) in [6, 6.07) is 16.7. The van der Waals surface area contributed by atoms with Gasteiger partial charge in [-0.3, -0.25) is 0 Å². The molecule has 0 amide bonds. The van der Waals surface area contributed by atoms with Crippen molar-refractivity contribution in [1.82, 2.24) is 19.4 Å². The van der Waals surface area contributed by atoms with E-state index in [1.807, 2.05) is 18.2 Å². The molecule has 0 atom stereocenters. The van der Waals surface area contributed by atoms with Crippen LogP contribution in [0.5, 0.6) is 0 Å². The highest BCUT2D eigenvalue weighted by Gasteiger charge is 2.13. The van der Waals surface area contributed by atoms with E-state index in [2.05, 4.69) is 53.6 Å². The van der Waals surface area contributed by atoms with Gasteiger partial charge in [0.15, 0.2) is 5.65 Å². The summed E-state index contributed by atoms with van der Waals surface area (Å²) in [4.78, 5) is 12.4. The average Bonchev–Trinajstić information content (AvgIpc) is 3.04. The number of unbranched alkanes of at least 4 members (excludes halogenated alkanes) is 3. The Morgan fingerprint density at radius 1 is 0.786 bits per heavy atom. The second-order valence-corrected chi connectivity index (χ2v) is 7.49. The standard InChI is InChI=1S/C24H30N4/c1-3-27(4-2)17-11-5-6-12-18-28-22-16-10-7-13-19(22)23-24(28)26-21-15-9-8-14-20(21)25-23/h7-10,13-16H,3-6,11-12,17-18H2,1-2H3. The quantitative estimate of drug-likeness (QED) is 0.356. The third-order valence-electron chi connectivity index (χ3n) is 5.76. The molecule has 28 heavy (non-hydrogen) atoms. The molecule has 0 fully saturated rings. The van der Waals surface area contributed by atoms with Crippen molar-refractivity contribution in [2.24, 2.45) is 0 Å². The van der Waals surface area contributed by atoms with Crippen LogP contribution in [0.2, 0.25) is 0 Å². The van der Waals surface area contributed by atoms with Crippen LogP contribution in [0.3, 0.4) is 0 Å². The number of para-hydroxylation sites is 3. The van der Waals surface area contributed by atoms with Crippen LogP contribution in [0.1, 0.15) is 39.5 Å². The molecule has 2 aromatic carbocycles. The van der Waals surface area contributed by atoms with Gasteiger partial charge in [0.25, 0.3) is 0 Å². The van der Waals surface area contributed by atoms with Crippen molar-refractivity contribution in [3.8, 4) is 0 Å². The molecule has 4 nitrogen and oxygen atoms in total. The topological polar surface area (TPSA) is 34.0 Å². The summed E-state index contributed by atoms with van der Waals surface area (Å²) in [5, 5.41) is 1.21. The lowest BCUT2D eigenvalue weighted by atomic mass is 10.2. The van der Waals surface area contributed by atoms with E-state index in [9.17, 15) is 0 Å². The zero-order valence-corrected chi connectivity index (χ0v) is 17.1. The smallest absolute Gasteiger partial charge is 0.160 e. The third-order valence-corrected chi connectivity index (χ3v) is 5.76. The number of hydrogen-bond acceptors (Lipinski definition) is 3. The summed E-state index contributed by atoms with van der Waals surface area (Å²) < 4.78 is 2.37. The van der Waals surface area contributed by atoms with Gasteiger partial charge in [0.1, 0.15) is 5.52 Å².